The molecule has 1 amide bonds. The van der Waals surface area contributed by atoms with E-state index in [4.69, 9.17) is 10.1 Å². The number of rotatable bonds is 6. The van der Waals surface area contributed by atoms with Gasteiger partial charge in [0.25, 0.3) is 5.91 Å². The Morgan fingerprint density at radius 3 is 2.72 bits per heavy atom. The number of benzene rings is 1. The maximum absolute atomic E-state index is 14.0. The van der Waals surface area contributed by atoms with Crippen molar-refractivity contribution in [3.63, 3.8) is 0 Å². The second-order valence-electron chi connectivity index (χ2n) is 8.82. The van der Waals surface area contributed by atoms with E-state index in [-0.39, 0.29) is 11.7 Å². The fourth-order valence-corrected chi connectivity index (χ4v) is 4.22. The van der Waals surface area contributed by atoms with Crippen molar-refractivity contribution in [1.29, 1.82) is 0 Å². The highest BCUT2D eigenvalue weighted by atomic mass is 19.1. The van der Waals surface area contributed by atoms with Gasteiger partial charge in [-0.05, 0) is 37.8 Å². The van der Waals surface area contributed by atoms with Crippen LogP contribution in [0.1, 0.15) is 64.8 Å². The first kappa shape index (κ1) is 19.2. The number of amides is 1. The lowest BCUT2D eigenvalue weighted by Gasteiger charge is -2.08. The van der Waals surface area contributed by atoms with Crippen LogP contribution in [0.4, 0.5) is 10.1 Å². The molecule has 0 saturated heterocycles. The van der Waals surface area contributed by atoms with Crippen LogP contribution in [-0.4, -0.2) is 30.5 Å². The van der Waals surface area contributed by atoms with Crippen molar-refractivity contribution in [3.05, 3.63) is 71.1 Å². The molecule has 3 aromatic heterocycles. The molecule has 2 saturated carbocycles. The monoisotopic (exact) mass is 430 g/mol. The average molecular weight is 430 g/mol. The molecule has 0 bridgehead atoms. The molecular formula is C24H23FN6O. The molecule has 4 aromatic rings. The normalized spacial score (nSPS) is 15.9. The largest absolute Gasteiger partial charge is 0.319 e. The van der Waals surface area contributed by atoms with E-state index >= 15 is 0 Å². The predicted octanol–water partition coefficient (Wildman–Crippen LogP) is 4.36. The third kappa shape index (κ3) is 3.45. The SMILES string of the molecule is Cn1nc(C2CC2)c2c(C(=O)Nc3cnn(Cc4ccccc4F)c3)cc(C3CC3)nc21. The fourth-order valence-electron chi connectivity index (χ4n) is 4.22. The van der Waals surface area contributed by atoms with Gasteiger partial charge in [-0.2, -0.15) is 10.2 Å². The first-order valence-electron chi connectivity index (χ1n) is 11.0. The van der Waals surface area contributed by atoms with Gasteiger partial charge < -0.3 is 5.32 Å². The number of anilines is 1. The minimum Gasteiger partial charge on any atom is -0.319 e. The maximum atomic E-state index is 14.0. The third-order valence-corrected chi connectivity index (χ3v) is 6.23. The molecule has 7 nitrogen and oxygen atoms in total. The number of halogens is 1. The Morgan fingerprint density at radius 2 is 1.97 bits per heavy atom. The van der Waals surface area contributed by atoms with Gasteiger partial charge in [0.15, 0.2) is 5.65 Å². The standard InChI is InChI=1S/C24H23FN6O/c1-30-23-21(22(29-30)15-8-9-15)18(10-20(28-23)14-6-7-14)24(32)27-17-11-26-31(13-17)12-16-4-2-3-5-19(16)25/h2-5,10-11,13-15H,6-9,12H2,1H3,(H,27,32). The summed E-state index contributed by atoms with van der Waals surface area (Å²) >= 11 is 0. The second-order valence-corrected chi connectivity index (χ2v) is 8.82. The molecule has 0 atom stereocenters. The Balaban J connectivity index is 1.32. The Kier molecular flexibility index (Phi) is 4.34. The molecule has 2 aliphatic carbocycles. The number of hydrogen-bond acceptors (Lipinski definition) is 4. The van der Waals surface area contributed by atoms with Gasteiger partial charge in [-0.15, -0.1) is 0 Å². The van der Waals surface area contributed by atoms with Crippen molar-refractivity contribution < 1.29 is 9.18 Å². The Hall–Kier alpha value is -3.55. The van der Waals surface area contributed by atoms with E-state index in [0.717, 1.165) is 48.1 Å². The van der Waals surface area contributed by atoms with Crippen molar-refractivity contribution in [2.45, 2.75) is 44.1 Å². The third-order valence-electron chi connectivity index (χ3n) is 6.23. The van der Waals surface area contributed by atoms with Gasteiger partial charge in [-0.1, -0.05) is 18.2 Å². The zero-order valence-electron chi connectivity index (χ0n) is 17.8. The number of aromatic nitrogens is 5. The first-order chi connectivity index (χ1) is 15.6. The topological polar surface area (TPSA) is 77.6 Å². The molecule has 1 aromatic carbocycles. The molecule has 0 unspecified atom stereocenters. The minimum atomic E-state index is -0.274. The number of fused-ring (bicyclic) bond motifs is 1. The van der Waals surface area contributed by atoms with Crippen LogP contribution in [0.3, 0.4) is 0 Å². The van der Waals surface area contributed by atoms with Crippen LogP contribution in [0, 0.1) is 5.82 Å². The molecule has 6 rings (SSSR count). The fraction of sp³-hybridized carbons (Fsp3) is 0.333. The summed E-state index contributed by atoms with van der Waals surface area (Å²) in [7, 11) is 1.90. The van der Waals surface area contributed by atoms with Crippen molar-refractivity contribution in [2.24, 2.45) is 7.05 Å². The number of carbonyl (C=O) groups excluding carboxylic acids is 1. The Bertz CT molecular complexity index is 1350. The summed E-state index contributed by atoms with van der Waals surface area (Å²) in [5.41, 5.74) is 4.44. The summed E-state index contributed by atoms with van der Waals surface area (Å²) in [6.45, 7) is 0.294. The summed E-state index contributed by atoms with van der Waals surface area (Å²) in [6.07, 6.45) is 7.71. The second kappa shape index (κ2) is 7.25. The molecule has 2 fully saturated rings. The van der Waals surface area contributed by atoms with Gasteiger partial charge in [0.2, 0.25) is 0 Å². The lowest BCUT2D eigenvalue weighted by Crippen LogP contribution is -2.13. The van der Waals surface area contributed by atoms with Gasteiger partial charge in [0.1, 0.15) is 5.82 Å². The smallest absolute Gasteiger partial charge is 0.256 e. The van der Waals surface area contributed by atoms with Crippen LogP contribution < -0.4 is 5.32 Å². The first-order valence-corrected chi connectivity index (χ1v) is 11.0. The van der Waals surface area contributed by atoms with Crippen LogP contribution in [0.5, 0.6) is 0 Å². The quantitative estimate of drug-likeness (QED) is 0.493. The van der Waals surface area contributed by atoms with Gasteiger partial charge in [-0.25, -0.2) is 9.37 Å². The highest BCUT2D eigenvalue weighted by molar-refractivity contribution is 6.12. The van der Waals surface area contributed by atoms with Gasteiger partial charge >= 0.3 is 0 Å². The van der Waals surface area contributed by atoms with E-state index in [0.29, 0.717) is 35.2 Å². The number of pyridine rings is 1. The van der Waals surface area contributed by atoms with Crippen LogP contribution in [0.25, 0.3) is 11.0 Å². The van der Waals surface area contributed by atoms with Crippen molar-refractivity contribution in [3.8, 4) is 0 Å². The summed E-state index contributed by atoms with van der Waals surface area (Å²) in [6, 6.07) is 8.55. The molecule has 162 valence electrons. The van der Waals surface area contributed by atoms with Gasteiger partial charge in [0, 0.05) is 36.3 Å². The molecule has 0 spiro atoms. The molecular weight excluding hydrogens is 407 g/mol. The number of nitrogens with one attached hydrogen (secondary N) is 1. The summed E-state index contributed by atoms with van der Waals surface area (Å²) < 4.78 is 17.4. The molecule has 8 heteroatoms. The van der Waals surface area contributed by atoms with E-state index in [1.54, 1.807) is 40.0 Å². The Morgan fingerprint density at radius 1 is 1.19 bits per heavy atom. The zero-order valence-corrected chi connectivity index (χ0v) is 17.8. The van der Waals surface area contributed by atoms with Crippen molar-refractivity contribution in [1.82, 2.24) is 24.5 Å². The number of aryl methyl sites for hydroxylation is 1. The van der Waals surface area contributed by atoms with Crippen LogP contribution in [0.2, 0.25) is 0 Å². The molecule has 2 aliphatic rings. The molecule has 1 N–H and O–H groups in total. The van der Waals surface area contributed by atoms with E-state index < -0.39 is 0 Å². The van der Waals surface area contributed by atoms with Crippen molar-refractivity contribution >= 4 is 22.6 Å². The average Bonchev–Trinajstić information content (AvgIpc) is 3.71. The van der Waals surface area contributed by atoms with Gasteiger partial charge in [0.05, 0.1) is 35.1 Å². The van der Waals surface area contributed by atoms with E-state index in [1.165, 1.54) is 6.07 Å². The number of hydrogen-bond donors (Lipinski definition) is 1. The van der Waals surface area contributed by atoms with Crippen LogP contribution >= 0.6 is 0 Å². The molecule has 0 radical (unpaired) electrons. The van der Waals surface area contributed by atoms with E-state index in [1.807, 2.05) is 13.1 Å². The highest BCUT2D eigenvalue weighted by Gasteiger charge is 2.33. The Labute approximate surface area is 184 Å². The summed E-state index contributed by atoms with van der Waals surface area (Å²) in [4.78, 5) is 18.2. The summed E-state index contributed by atoms with van der Waals surface area (Å²) in [5, 5.41) is 12.8. The lowest BCUT2D eigenvalue weighted by molar-refractivity contribution is 0.102. The minimum absolute atomic E-state index is 0.195. The van der Waals surface area contributed by atoms with E-state index in [9.17, 15) is 9.18 Å². The number of carbonyl (C=O) groups is 1. The van der Waals surface area contributed by atoms with Gasteiger partial charge in [-0.3, -0.25) is 14.2 Å². The maximum Gasteiger partial charge on any atom is 0.256 e. The highest BCUT2D eigenvalue weighted by Crippen LogP contribution is 2.45. The van der Waals surface area contributed by atoms with Crippen LogP contribution in [0.15, 0.2) is 42.7 Å². The lowest BCUT2D eigenvalue weighted by atomic mass is 10.0. The molecule has 32 heavy (non-hydrogen) atoms. The zero-order chi connectivity index (χ0) is 21.8. The summed E-state index contributed by atoms with van der Waals surface area (Å²) in [5.74, 6) is 0.361. The molecule has 3 heterocycles. The number of nitrogens with zero attached hydrogens (tertiary/aromatic N) is 5. The predicted molar refractivity (Wildman–Crippen MR) is 118 cm³/mol. The van der Waals surface area contributed by atoms with Crippen molar-refractivity contribution in [2.75, 3.05) is 5.32 Å². The van der Waals surface area contributed by atoms with Crippen LogP contribution in [-0.2, 0) is 13.6 Å². The van der Waals surface area contributed by atoms with E-state index in [2.05, 4.69) is 10.4 Å². The molecule has 0 aliphatic heterocycles.